The largest absolute Gasteiger partial charge is 0.323 e. The highest BCUT2D eigenvalue weighted by Crippen LogP contribution is 2.16. The lowest BCUT2D eigenvalue weighted by Gasteiger charge is -2.19. The number of H-pyrrole nitrogens is 2. The van der Waals surface area contributed by atoms with Crippen LogP contribution >= 0.6 is 0 Å². The van der Waals surface area contributed by atoms with Crippen LogP contribution < -0.4 is 16.3 Å². The molecule has 0 saturated heterocycles. The van der Waals surface area contributed by atoms with Gasteiger partial charge in [0.15, 0.2) is 0 Å². The average molecular weight is 248 g/mol. The van der Waals surface area contributed by atoms with Gasteiger partial charge in [0, 0.05) is 18.6 Å². The number of hydrogen-bond acceptors (Lipinski definition) is 3. The fourth-order valence-corrected chi connectivity index (χ4v) is 2.01. The number of benzene rings is 1. The van der Waals surface area contributed by atoms with Crippen molar-refractivity contribution in [1.29, 1.82) is 0 Å². The molecule has 0 bridgehead atoms. The van der Waals surface area contributed by atoms with Crippen molar-refractivity contribution in [3.8, 4) is 0 Å². The van der Waals surface area contributed by atoms with Crippen LogP contribution in [-0.4, -0.2) is 29.6 Å². The third kappa shape index (κ3) is 2.80. The molecule has 1 aromatic carbocycles. The van der Waals surface area contributed by atoms with E-state index in [1.807, 2.05) is 25.2 Å². The summed E-state index contributed by atoms with van der Waals surface area (Å²) in [7, 11) is 1.94. The van der Waals surface area contributed by atoms with Gasteiger partial charge in [-0.3, -0.25) is 0 Å². The Balaban J connectivity index is 2.24. The molecular weight excluding hydrogens is 228 g/mol. The maximum absolute atomic E-state index is 11.2. The lowest BCUT2D eigenvalue weighted by Crippen LogP contribution is -2.33. The van der Waals surface area contributed by atoms with Crippen molar-refractivity contribution in [2.45, 2.75) is 25.9 Å². The Labute approximate surface area is 106 Å². The maximum atomic E-state index is 11.2. The molecule has 2 aromatic rings. The molecule has 0 amide bonds. The van der Waals surface area contributed by atoms with Crippen LogP contribution in [-0.2, 0) is 0 Å². The molecule has 0 spiro atoms. The fourth-order valence-electron chi connectivity index (χ4n) is 2.01. The number of aromatic nitrogens is 2. The summed E-state index contributed by atoms with van der Waals surface area (Å²) in [5.41, 5.74) is 2.69. The van der Waals surface area contributed by atoms with Crippen molar-refractivity contribution >= 4 is 11.0 Å². The summed E-state index contributed by atoms with van der Waals surface area (Å²) in [6.07, 6.45) is 0. The molecule has 0 radical (unpaired) electrons. The van der Waals surface area contributed by atoms with E-state index >= 15 is 0 Å². The van der Waals surface area contributed by atoms with Gasteiger partial charge in [-0.2, -0.15) is 0 Å². The van der Waals surface area contributed by atoms with E-state index in [2.05, 4.69) is 34.4 Å². The van der Waals surface area contributed by atoms with Gasteiger partial charge in [0.2, 0.25) is 0 Å². The summed E-state index contributed by atoms with van der Waals surface area (Å²) in [5, 5.41) is 6.69. The van der Waals surface area contributed by atoms with Crippen LogP contribution in [0.15, 0.2) is 23.0 Å². The van der Waals surface area contributed by atoms with Gasteiger partial charge in [-0.05, 0) is 24.7 Å². The van der Waals surface area contributed by atoms with Gasteiger partial charge < -0.3 is 20.6 Å². The molecule has 1 heterocycles. The van der Waals surface area contributed by atoms with Gasteiger partial charge in [-0.1, -0.05) is 19.9 Å². The number of rotatable bonds is 5. The first-order chi connectivity index (χ1) is 8.60. The Hall–Kier alpha value is -1.59. The summed E-state index contributed by atoms with van der Waals surface area (Å²) in [6.45, 7) is 5.10. The third-order valence-corrected chi connectivity index (χ3v) is 3.02. The minimum atomic E-state index is -0.163. The van der Waals surface area contributed by atoms with Crippen molar-refractivity contribution in [3.63, 3.8) is 0 Å². The molecule has 5 nitrogen and oxygen atoms in total. The van der Waals surface area contributed by atoms with E-state index < -0.39 is 0 Å². The molecule has 98 valence electrons. The quantitative estimate of drug-likeness (QED) is 0.640. The third-order valence-electron chi connectivity index (χ3n) is 3.02. The first-order valence-corrected chi connectivity index (χ1v) is 6.22. The standard InChI is InChI=1S/C13H20N4O/c1-8(2)15-7-12(14-3)9-4-5-10-11(6-9)17-13(18)16-10/h4-6,8,12,14-15H,7H2,1-3H3,(H2,16,17,18). The monoisotopic (exact) mass is 248 g/mol. The molecule has 0 fully saturated rings. The molecule has 5 heteroatoms. The molecule has 1 aromatic heterocycles. The minimum Gasteiger partial charge on any atom is -0.313 e. The van der Waals surface area contributed by atoms with Crippen LogP contribution in [0.2, 0.25) is 0 Å². The van der Waals surface area contributed by atoms with E-state index in [0.717, 1.165) is 23.1 Å². The Morgan fingerprint density at radius 3 is 2.61 bits per heavy atom. The van der Waals surface area contributed by atoms with Gasteiger partial charge >= 0.3 is 5.69 Å². The maximum Gasteiger partial charge on any atom is 0.323 e. The highest BCUT2D eigenvalue weighted by Gasteiger charge is 2.10. The van der Waals surface area contributed by atoms with E-state index in [-0.39, 0.29) is 11.7 Å². The van der Waals surface area contributed by atoms with E-state index in [9.17, 15) is 4.79 Å². The Morgan fingerprint density at radius 2 is 1.94 bits per heavy atom. The average Bonchev–Trinajstić information content (AvgIpc) is 2.68. The van der Waals surface area contributed by atoms with Crippen LogP contribution in [0.1, 0.15) is 25.5 Å². The summed E-state index contributed by atoms with van der Waals surface area (Å²) in [4.78, 5) is 16.7. The molecule has 1 atom stereocenters. The van der Waals surface area contributed by atoms with Crippen LogP contribution in [0.4, 0.5) is 0 Å². The van der Waals surface area contributed by atoms with Gasteiger partial charge in [0.05, 0.1) is 11.0 Å². The number of hydrogen-bond donors (Lipinski definition) is 4. The van der Waals surface area contributed by atoms with Crippen LogP contribution in [0.3, 0.4) is 0 Å². The fraction of sp³-hybridized carbons (Fsp3) is 0.462. The molecular formula is C13H20N4O. The second kappa shape index (κ2) is 5.37. The van der Waals surface area contributed by atoms with Crippen molar-refractivity contribution in [1.82, 2.24) is 20.6 Å². The van der Waals surface area contributed by atoms with Crippen LogP contribution in [0.25, 0.3) is 11.0 Å². The summed E-state index contributed by atoms with van der Waals surface area (Å²) < 4.78 is 0. The van der Waals surface area contributed by atoms with Gasteiger partial charge in [-0.25, -0.2) is 4.79 Å². The van der Waals surface area contributed by atoms with Crippen molar-refractivity contribution in [2.24, 2.45) is 0 Å². The summed E-state index contributed by atoms with van der Waals surface area (Å²) in [5.74, 6) is 0. The zero-order chi connectivity index (χ0) is 13.1. The van der Waals surface area contributed by atoms with Gasteiger partial charge in [0.25, 0.3) is 0 Å². The number of fused-ring (bicyclic) bond motifs is 1. The summed E-state index contributed by atoms with van der Waals surface area (Å²) in [6, 6.07) is 6.67. The molecule has 0 aliphatic rings. The van der Waals surface area contributed by atoms with E-state index in [1.54, 1.807) is 0 Å². The lowest BCUT2D eigenvalue weighted by atomic mass is 10.1. The van der Waals surface area contributed by atoms with Gasteiger partial charge in [-0.15, -0.1) is 0 Å². The first kappa shape index (κ1) is 12.9. The topological polar surface area (TPSA) is 72.7 Å². The number of nitrogens with one attached hydrogen (secondary N) is 4. The van der Waals surface area contributed by atoms with E-state index in [4.69, 9.17) is 0 Å². The first-order valence-electron chi connectivity index (χ1n) is 6.22. The Morgan fingerprint density at radius 1 is 1.22 bits per heavy atom. The minimum absolute atomic E-state index is 0.163. The molecule has 0 aliphatic carbocycles. The Bertz CT molecular complexity index is 570. The van der Waals surface area contributed by atoms with Crippen molar-refractivity contribution in [3.05, 3.63) is 34.2 Å². The zero-order valence-corrected chi connectivity index (χ0v) is 11.0. The molecule has 0 saturated carbocycles. The van der Waals surface area contributed by atoms with E-state index in [0.29, 0.717) is 6.04 Å². The molecule has 0 aliphatic heterocycles. The van der Waals surface area contributed by atoms with Crippen molar-refractivity contribution < 1.29 is 0 Å². The highest BCUT2D eigenvalue weighted by molar-refractivity contribution is 5.75. The summed E-state index contributed by atoms with van der Waals surface area (Å²) >= 11 is 0. The molecule has 4 N–H and O–H groups in total. The second-order valence-corrected chi connectivity index (χ2v) is 4.79. The number of imidazole rings is 1. The normalized spacial score (nSPS) is 13.3. The molecule has 2 rings (SSSR count). The number of likely N-dealkylation sites (N-methyl/N-ethyl adjacent to an activating group) is 1. The SMILES string of the molecule is CNC(CNC(C)C)c1ccc2[nH]c(=O)[nH]c2c1. The van der Waals surface area contributed by atoms with Crippen LogP contribution in [0.5, 0.6) is 0 Å². The molecule has 1 unspecified atom stereocenters. The molecule has 18 heavy (non-hydrogen) atoms. The zero-order valence-electron chi connectivity index (χ0n) is 11.0. The predicted molar refractivity (Wildman–Crippen MR) is 73.9 cm³/mol. The van der Waals surface area contributed by atoms with Crippen LogP contribution in [0, 0.1) is 0 Å². The van der Waals surface area contributed by atoms with Crippen molar-refractivity contribution in [2.75, 3.05) is 13.6 Å². The predicted octanol–water partition coefficient (Wildman–Crippen LogP) is 1.11. The lowest BCUT2D eigenvalue weighted by molar-refractivity contribution is 0.491. The number of aromatic amines is 2. The van der Waals surface area contributed by atoms with Gasteiger partial charge in [0.1, 0.15) is 0 Å². The Kier molecular flexibility index (Phi) is 3.84. The second-order valence-electron chi connectivity index (χ2n) is 4.79. The van der Waals surface area contributed by atoms with E-state index in [1.165, 1.54) is 0 Å². The highest BCUT2D eigenvalue weighted by atomic mass is 16.1. The smallest absolute Gasteiger partial charge is 0.313 e.